The zero-order valence-corrected chi connectivity index (χ0v) is 9.54. The number of nitrogens with one attached hydrogen (secondary N) is 2. The van der Waals surface area contributed by atoms with E-state index in [0.29, 0.717) is 12.8 Å². The molecule has 2 N–H and O–H groups in total. The highest BCUT2D eigenvalue weighted by molar-refractivity contribution is 5.91. The molecule has 0 saturated carbocycles. The Morgan fingerprint density at radius 2 is 2.19 bits per heavy atom. The van der Waals surface area contributed by atoms with E-state index in [-0.39, 0.29) is 5.91 Å². The van der Waals surface area contributed by atoms with Crippen molar-refractivity contribution in [2.45, 2.75) is 26.7 Å². The number of anilines is 2. The van der Waals surface area contributed by atoms with Gasteiger partial charge in [0.15, 0.2) is 0 Å². The summed E-state index contributed by atoms with van der Waals surface area (Å²) in [6, 6.07) is 5.35. The Bertz CT molecular complexity index is 389. The quantitative estimate of drug-likeness (QED) is 0.748. The van der Waals surface area contributed by atoms with Crippen LogP contribution in [-0.4, -0.2) is 12.3 Å². The minimum Gasteiger partial charge on any atom is -0.329 e. The first-order valence-corrected chi connectivity index (χ1v) is 5.28. The molecule has 0 saturated heterocycles. The Morgan fingerprint density at radius 3 is 2.75 bits per heavy atom. The fourth-order valence-electron chi connectivity index (χ4n) is 1.40. The van der Waals surface area contributed by atoms with Crippen molar-refractivity contribution in [3.05, 3.63) is 23.8 Å². The molecular formula is C12H16N2O2. The van der Waals surface area contributed by atoms with E-state index in [2.05, 4.69) is 10.6 Å². The van der Waals surface area contributed by atoms with Crippen LogP contribution in [0.25, 0.3) is 0 Å². The van der Waals surface area contributed by atoms with Crippen LogP contribution in [0, 0.1) is 6.92 Å². The number of hydrogen-bond donors (Lipinski definition) is 2. The lowest BCUT2D eigenvalue weighted by atomic mass is 10.1. The summed E-state index contributed by atoms with van der Waals surface area (Å²) in [6.07, 6.45) is 1.98. The molecule has 0 aromatic heterocycles. The molecule has 1 rings (SSSR count). The molecule has 0 spiro atoms. The van der Waals surface area contributed by atoms with E-state index < -0.39 is 0 Å². The molecule has 0 aliphatic heterocycles. The summed E-state index contributed by atoms with van der Waals surface area (Å²) in [5.74, 6) is 0.0155. The van der Waals surface area contributed by atoms with Crippen LogP contribution in [0.15, 0.2) is 18.2 Å². The average Bonchev–Trinajstić information content (AvgIpc) is 2.23. The highest BCUT2D eigenvalue weighted by atomic mass is 16.1. The summed E-state index contributed by atoms with van der Waals surface area (Å²) in [5.41, 5.74) is 2.44. The second-order valence-electron chi connectivity index (χ2n) is 3.59. The lowest BCUT2D eigenvalue weighted by Crippen LogP contribution is -2.11. The van der Waals surface area contributed by atoms with Crippen molar-refractivity contribution in [3.63, 3.8) is 0 Å². The molecule has 1 aromatic rings. The van der Waals surface area contributed by atoms with Gasteiger partial charge >= 0.3 is 0 Å². The molecule has 0 atom stereocenters. The average molecular weight is 220 g/mol. The Hall–Kier alpha value is -1.84. The first-order valence-electron chi connectivity index (χ1n) is 5.28. The SMILES string of the molecule is CCCC(=O)Nc1ccc(NC=O)cc1C. The summed E-state index contributed by atoms with van der Waals surface area (Å²) in [7, 11) is 0. The normalized spacial score (nSPS) is 9.62. The Kier molecular flexibility index (Phi) is 4.51. The highest BCUT2D eigenvalue weighted by Gasteiger charge is 2.04. The van der Waals surface area contributed by atoms with Gasteiger partial charge in [0, 0.05) is 17.8 Å². The minimum atomic E-state index is 0.0155. The summed E-state index contributed by atoms with van der Waals surface area (Å²) >= 11 is 0. The maximum absolute atomic E-state index is 11.4. The molecule has 0 unspecified atom stereocenters. The predicted octanol–water partition coefficient (Wildman–Crippen LogP) is 2.30. The number of hydrogen-bond acceptors (Lipinski definition) is 2. The fraction of sp³-hybridized carbons (Fsp3) is 0.333. The Balaban J connectivity index is 2.74. The molecule has 16 heavy (non-hydrogen) atoms. The van der Waals surface area contributed by atoms with Crippen molar-refractivity contribution in [1.29, 1.82) is 0 Å². The van der Waals surface area contributed by atoms with Gasteiger partial charge in [-0.15, -0.1) is 0 Å². The van der Waals surface area contributed by atoms with Crippen LogP contribution in [0.3, 0.4) is 0 Å². The van der Waals surface area contributed by atoms with E-state index in [1.54, 1.807) is 12.1 Å². The molecule has 0 radical (unpaired) electrons. The lowest BCUT2D eigenvalue weighted by Gasteiger charge is -2.09. The maximum atomic E-state index is 11.4. The number of amides is 2. The van der Waals surface area contributed by atoms with Crippen LogP contribution < -0.4 is 10.6 Å². The minimum absolute atomic E-state index is 0.0155. The second kappa shape index (κ2) is 5.90. The standard InChI is InChI=1S/C12H16N2O2/c1-3-4-12(16)14-11-6-5-10(13-8-15)7-9(11)2/h5-8H,3-4H2,1-2H3,(H,13,15)(H,14,16). The molecule has 4 nitrogen and oxygen atoms in total. The van der Waals surface area contributed by atoms with Crippen molar-refractivity contribution in [2.24, 2.45) is 0 Å². The van der Waals surface area contributed by atoms with E-state index in [9.17, 15) is 9.59 Å². The smallest absolute Gasteiger partial charge is 0.224 e. The maximum Gasteiger partial charge on any atom is 0.224 e. The predicted molar refractivity (Wildman–Crippen MR) is 64.4 cm³/mol. The molecule has 0 aliphatic rings. The zero-order valence-electron chi connectivity index (χ0n) is 9.54. The van der Waals surface area contributed by atoms with Gasteiger partial charge in [-0.2, -0.15) is 0 Å². The van der Waals surface area contributed by atoms with Gasteiger partial charge in [-0.1, -0.05) is 6.92 Å². The third-order valence-corrected chi connectivity index (χ3v) is 2.20. The first-order chi connectivity index (χ1) is 7.67. The van der Waals surface area contributed by atoms with Gasteiger partial charge in [-0.25, -0.2) is 0 Å². The van der Waals surface area contributed by atoms with Gasteiger partial charge in [0.05, 0.1) is 0 Å². The van der Waals surface area contributed by atoms with Crippen molar-refractivity contribution in [3.8, 4) is 0 Å². The Labute approximate surface area is 95.0 Å². The van der Waals surface area contributed by atoms with Gasteiger partial charge < -0.3 is 10.6 Å². The summed E-state index contributed by atoms with van der Waals surface area (Å²) in [5, 5.41) is 5.39. The van der Waals surface area contributed by atoms with Crippen molar-refractivity contribution in [1.82, 2.24) is 0 Å². The molecule has 1 aromatic carbocycles. The third-order valence-electron chi connectivity index (χ3n) is 2.20. The number of carbonyl (C=O) groups is 2. The van der Waals surface area contributed by atoms with Crippen molar-refractivity contribution >= 4 is 23.7 Å². The molecule has 2 amide bonds. The highest BCUT2D eigenvalue weighted by Crippen LogP contribution is 2.19. The lowest BCUT2D eigenvalue weighted by molar-refractivity contribution is -0.116. The molecule has 4 heteroatoms. The van der Waals surface area contributed by atoms with Crippen LogP contribution in [0.5, 0.6) is 0 Å². The number of rotatable bonds is 5. The molecule has 0 aliphatic carbocycles. The number of carbonyl (C=O) groups excluding carboxylic acids is 2. The van der Waals surface area contributed by atoms with Crippen LogP contribution >= 0.6 is 0 Å². The monoisotopic (exact) mass is 220 g/mol. The fourth-order valence-corrected chi connectivity index (χ4v) is 1.40. The van der Waals surface area contributed by atoms with Gasteiger partial charge in [0.2, 0.25) is 12.3 Å². The van der Waals surface area contributed by atoms with Crippen LogP contribution in [-0.2, 0) is 9.59 Å². The van der Waals surface area contributed by atoms with Gasteiger partial charge in [-0.05, 0) is 37.1 Å². The van der Waals surface area contributed by atoms with Crippen molar-refractivity contribution in [2.75, 3.05) is 10.6 Å². The molecular weight excluding hydrogens is 204 g/mol. The molecule has 0 bridgehead atoms. The van der Waals surface area contributed by atoms with E-state index in [1.807, 2.05) is 19.9 Å². The van der Waals surface area contributed by atoms with E-state index >= 15 is 0 Å². The van der Waals surface area contributed by atoms with Crippen LogP contribution in [0.4, 0.5) is 11.4 Å². The summed E-state index contributed by atoms with van der Waals surface area (Å²) in [6.45, 7) is 3.85. The largest absolute Gasteiger partial charge is 0.329 e. The number of aryl methyl sites for hydroxylation is 1. The van der Waals surface area contributed by atoms with E-state index in [0.717, 1.165) is 23.4 Å². The topological polar surface area (TPSA) is 58.2 Å². The van der Waals surface area contributed by atoms with Gasteiger partial charge in [-0.3, -0.25) is 9.59 Å². The molecule has 0 fully saturated rings. The Morgan fingerprint density at radius 1 is 1.44 bits per heavy atom. The van der Waals surface area contributed by atoms with Gasteiger partial charge in [0.1, 0.15) is 0 Å². The van der Waals surface area contributed by atoms with E-state index in [1.165, 1.54) is 0 Å². The summed E-state index contributed by atoms with van der Waals surface area (Å²) < 4.78 is 0. The van der Waals surface area contributed by atoms with Gasteiger partial charge in [0.25, 0.3) is 0 Å². The second-order valence-corrected chi connectivity index (χ2v) is 3.59. The van der Waals surface area contributed by atoms with Crippen LogP contribution in [0.1, 0.15) is 25.3 Å². The molecule has 86 valence electrons. The zero-order chi connectivity index (χ0) is 12.0. The van der Waals surface area contributed by atoms with Crippen molar-refractivity contribution < 1.29 is 9.59 Å². The van der Waals surface area contributed by atoms with Crippen LogP contribution in [0.2, 0.25) is 0 Å². The number of benzene rings is 1. The molecule has 0 heterocycles. The van der Waals surface area contributed by atoms with E-state index in [4.69, 9.17) is 0 Å². The summed E-state index contributed by atoms with van der Waals surface area (Å²) in [4.78, 5) is 21.6. The first kappa shape index (κ1) is 12.2. The third kappa shape index (κ3) is 3.38.